The third-order valence-electron chi connectivity index (χ3n) is 19.6. The van der Waals surface area contributed by atoms with E-state index in [4.69, 9.17) is 213 Å². The lowest BCUT2D eigenvalue weighted by Gasteiger charge is -2.13. The van der Waals surface area contributed by atoms with E-state index in [1.54, 1.807) is 243 Å². The molecule has 780 valence electrons. The van der Waals surface area contributed by atoms with E-state index in [0.29, 0.717) is 180 Å². The van der Waals surface area contributed by atoms with Crippen molar-refractivity contribution >= 4 is 133 Å². The van der Waals surface area contributed by atoms with Crippen molar-refractivity contribution in [2.24, 2.45) is 0 Å². The van der Waals surface area contributed by atoms with Gasteiger partial charge in [-0.05, 0) is 84.9 Å². The zero-order valence-corrected chi connectivity index (χ0v) is 89.5. The molecule has 0 bridgehead atoms. The number of methoxy groups -OCH3 is 15. The number of alkyl halides is 1. The number of phenolic OH excluding ortho intramolecular Hbond substituents is 1. The van der Waals surface area contributed by atoms with Crippen LogP contribution in [0.15, 0.2) is 255 Å². The molecule has 148 heavy (non-hydrogen) atoms. The lowest BCUT2D eigenvalue weighted by atomic mass is 10.1. The van der Waals surface area contributed by atoms with Gasteiger partial charge in [0.05, 0.1) is 158 Å². The van der Waals surface area contributed by atoms with E-state index >= 15 is 0 Å². The first-order chi connectivity index (χ1) is 71.1. The molecule has 0 heterocycles. The topological polar surface area (TPSA) is 387 Å². The van der Waals surface area contributed by atoms with Crippen LogP contribution in [0.1, 0.15) is 53.3 Å². The number of halogens is 9. The number of carbonyl (C=O) groups excluding carboxylic acids is 1. The molecule has 0 atom stereocenters. The summed E-state index contributed by atoms with van der Waals surface area (Å²) < 4.78 is 111. The Morgan fingerprint density at radius 1 is 0.270 bits per heavy atom. The molecule has 0 aliphatic carbocycles. The minimum atomic E-state index is -1.16. The zero-order chi connectivity index (χ0) is 109. The molecule has 0 fully saturated rings. The fourth-order valence-corrected chi connectivity index (χ4v) is 15.1. The van der Waals surface area contributed by atoms with Gasteiger partial charge in [-0.15, -0.1) is 0 Å². The quantitative estimate of drug-likeness (QED) is 0.0185. The average Bonchev–Trinajstić information content (AvgIpc) is 0.823. The fraction of sp³-hybridized carbons (Fsp3) is 0.176. The maximum Gasteiger partial charge on any atom is 0.343 e. The van der Waals surface area contributed by atoms with Gasteiger partial charge < -0.3 is 125 Å². The monoisotopic (exact) mass is 2250 g/mol. The summed E-state index contributed by atoms with van der Waals surface area (Å²) >= 11 is 50.8. The summed E-state index contributed by atoms with van der Waals surface area (Å²) in [7, 11) is 23.0. The van der Waals surface area contributed by atoms with Crippen LogP contribution in [0.4, 0.5) is 0 Å². The van der Waals surface area contributed by atoms with Gasteiger partial charge in [-0.3, -0.25) is 4.79 Å². The Bertz CT molecular complexity index is 6550. The molecule has 0 amide bonds. The number of carboxylic acid groups (broad SMARTS) is 3. The minimum absolute atomic E-state index is 0.0455. The third-order valence-corrected chi connectivity index (χ3v) is 22.8. The molecule has 0 unspecified atom stereocenters. The number of benzene rings is 14. The number of nitrogens with zero attached hydrogens (tertiary/aromatic N) is 1. The number of nitriles is 1. The van der Waals surface area contributed by atoms with Crippen molar-refractivity contribution in [1.82, 2.24) is 0 Å². The molecule has 14 aromatic rings. The summed E-state index contributed by atoms with van der Waals surface area (Å²) in [6.07, 6.45) is -0.0494. The Kier molecular flexibility index (Phi) is 50.3. The average molecular weight is 2260 g/mol. The van der Waals surface area contributed by atoms with Crippen molar-refractivity contribution in [2.45, 2.75) is 24.8 Å². The Hall–Kier alpha value is -15.0. The first kappa shape index (κ1) is 120. The summed E-state index contributed by atoms with van der Waals surface area (Å²) in [5.74, 6) is 10.2. The van der Waals surface area contributed by atoms with Crippen LogP contribution >= 0.6 is 109 Å². The maximum absolute atomic E-state index is 11.9. The maximum atomic E-state index is 11.9. The van der Waals surface area contributed by atoms with Crippen LogP contribution in [0.2, 0.25) is 40.2 Å². The smallest absolute Gasteiger partial charge is 0.343 e. The van der Waals surface area contributed by atoms with Gasteiger partial charge in [0.15, 0.2) is 0 Å². The molecular formula is C108H100BrCl8NO30. The van der Waals surface area contributed by atoms with Gasteiger partial charge in [-0.2, -0.15) is 5.26 Å². The summed E-state index contributed by atoms with van der Waals surface area (Å²) in [5.41, 5.74) is 2.53. The molecule has 0 spiro atoms. The van der Waals surface area contributed by atoms with Crippen LogP contribution in [0, 0.1) is 11.3 Å². The van der Waals surface area contributed by atoms with Crippen molar-refractivity contribution in [3.63, 3.8) is 0 Å². The van der Waals surface area contributed by atoms with Crippen molar-refractivity contribution in [3.8, 4) is 161 Å². The molecule has 31 nitrogen and oxygen atoms in total. The molecule has 14 aromatic carbocycles. The van der Waals surface area contributed by atoms with Gasteiger partial charge in [0.1, 0.15) is 166 Å². The van der Waals surface area contributed by atoms with E-state index in [2.05, 4.69) is 22.0 Å². The van der Waals surface area contributed by atoms with Crippen molar-refractivity contribution in [1.29, 1.82) is 5.26 Å². The number of aliphatic hydroxyl groups excluding tert-OH is 1. The second-order valence-corrected chi connectivity index (χ2v) is 32.8. The second kappa shape index (κ2) is 62.1. The fourth-order valence-electron chi connectivity index (χ4n) is 12.4. The predicted octanol–water partition coefficient (Wildman–Crippen LogP) is 28.6. The van der Waals surface area contributed by atoms with Crippen LogP contribution in [-0.4, -0.2) is 156 Å². The normalized spacial score (nSPS) is 9.97. The molecule has 40 heteroatoms. The SMILES string of the molecule is COC(=O)c1c(Cl)cccc1Oc1cc(OC)cc(OC)c1.COc1cc(O)cc(OC)c1.COc1cc(OC)cc(Oc2cccc(Cl)c2C(=O)O)c1.COc1cc(OC)cc(Oc2cccc(Cl)c2CBr)c1.COc1cc(OC)cc(Oc2cccc(Cl)c2CC#N)c1.COc1cc(OC)cc(Oc2cccc(Cl)c2CC(=O)O)c1.COc1cc(OC)cc(Oc2cccc(Cl)c2CO)c1.O=C(O)c1c(Cl)cccc1Cl. The number of aromatic carboxylic acids is 2. The van der Waals surface area contributed by atoms with Crippen LogP contribution in [0.3, 0.4) is 0 Å². The number of hydrogen-bond donors (Lipinski definition) is 5. The summed E-state index contributed by atoms with van der Waals surface area (Å²) in [5, 5.41) is 57.4. The molecule has 0 aliphatic heterocycles. The minimum Gasteiger partial charge on any atom is -0.508 e. The Morgan fingerprint density at radius 3 is 0.723 bits per heavy atom. The van der Waals surface area contributed by atoms with Gasteiger partial charge in [-0.25, -0.2) is 14.4 Å². The lowest BCUT2D eigenvalue weighted by Crippen LogP contribution is -2.04. The van der Waals surface area contributed by atoms with Crippen molar-refractivity contribution < 1.29 is 144 Å². The Morgan fingerprint density at radius 2 is 0.473 bits per heavy atom. The second-order valence-electron chi connectivity index (χ2n) is 29.0. The highest BCUT2D eigenvalue weighted by atomic mass is 79.9. The number of ether oxygens (including phenoxy) is 21. The summed E-state index contributed by atoms with van der Waals surface area (Å²) in [6.45, 7) is -0.198. The third kappa shape index (κ3) is 37.2. The highest BCUT2D eigenvalue weighted by Gasteiger charge is 2.23. The largest absolute Gasteiger partial charge is 0.508 e. The number of esters is 1. The standard InChI is InChI=1S/C16H14ClNO3.2C16H15ClO5.C15H14BrClO3.C15H13ClO5.C15H15ClO4.C8H10O3.C7H4Cl2O2/c1-19-11-8-12(20-2)10-13(9-11)21-16-5-3-4-15(17)14(16)6-7-18;1-19-10-7-11(20-2)9-12(8-10)22-14-6-4-5-13(17)15(14)16(18)21-3;1-20-10-6-11(21-2)8-12(7-10)22-15-5-3-4-14(17)13(15)9-16(18)19;1-18-10-6-11(19-2)8-12(7-10)20-15-5-3-4-14(17)13(15)9-16;1-19-9-6-10(20-2)8-11(7-9)21-13-5-3-4-12(16)14(13)15(17)18;1-18-10-6-11(19-2)8-12(7-10)20-15-5-3-4-14(16)13(15)9-17;1-10-7-3-6(9)4-8(5-7)11-2;8-4-2-1-3-5(9)6(4)7(10)11/h3-5,8-10H,6H2,1-2H3;4-9H,1-3H3;3-8H,9H2,1-2H3,(H,18,19);3-8H,9H2,1-2H3;3-8H,1-2H3,(H,17,18);3-8,17H,9H2,1-2H3;3-5,9H,1-2H3;1-3H,(H,10,11). The molecule has 0 saturated carbocycles. The van der Waals surface area contributed by atoms with Gasteiger partial charge in [-0.1, -0.05) is 151 Å². The molecule has 0 aromatic heterocycles. The number of carbonyl (C=O) groups is 4. The Labute approximate surface area is 902 Å². The van der Waals surface area contributed by atoms with Crippen LogP contribution in [-0.2, 0) is 34.3 Å². The van der Waals surface area contributed by atoms with Crippen LogP contribution < -0.4 is 94.7 Å². The number of phenols is 1. The summed E-state index contributed by atoms with van der Waals surface area (Å²) in [6, 6.07) is 72.7. The van der Waals surface area contributed by atoms with Crippen LogP contribution in [0.25, 0.3) is 0 Å². The molecule has 5 N–H and O–H groups in total. The van der Waals surface area contributed by atoms with E-state index in [0.717, 1.165) is 5.56 Å². The summed E-state index contributed by atoms with van der Waals surface area (Å²) in [4.78, 5) is 44.6. The number of rotatable bonds is 34. The first-order valence-electron chi connectivity index (χ1n) is 42.9. The van der Waals surface area contributed by atoms with E-state index in [9.17, 15) is 29.4 Å². The highest BCUT2D eigenvalue weighted by Crippen LogP contribution is 2.44. The van der Waals surface area contributed by atoms with E-state index in [1.165, 1.54) is 100 Å². The van der Waals surface area contributed by atoms with Crippen LogP contribution in [0.5, 0.6) is 155 Å². The Balaban J connectivity index is 0.000000231. The van der Waals surface area contributed by atoms with Crippen molar-refractivity contribution in [3.05, 3.63) is 334 Å². The number of hydrogen-bond acceptors (Lipinski definition) is 28. The van der Waals surface area contributed by atoms with E-state index in [1.807, 2.05) is 18.2 Å². The lowest BCUT2D eigenvalue weighted by molar-refractivity contribution is -0.136. The zero-order valence-electron chi connectivity index (χ0n) is 81.9. The van der Waals surface area contributed by atoms with E-state index in [-0.39, 0.29) is 73.5 Å². The molecule has 0 aliphatic rings. The highest BCUT2D eigenvalue weighted by molar-refractivity contribution is 9.08. The van der Waals surface area contributed by atoms with Gasteiger partial charge >= 0.3 is 23.9 Å². The first-order valence-corrected chi connectivity index (χ1v) is 47.0. The molecule has 0 saturated heterocycles. The number of aliphatic hydroxyl groups is 1. The van der Waals surface area contributed by atoms with Crippen molar-refractivity contribution in [2.75, 3.05) is 107 Å². The molecular weight excluding hydrogens is 2150 g/mol. The molecule has 0 radical (unpaired) electrons. The van der Waals surface area contributed by atoms with Gasteiger partial charge in [0, 0.05) is 175 Å². The number of aliphatic carboxylic acids is 1. The predicted molar refractivity (Wildman–Crippen MR) is 569 cm³/mol. The number of carboxylic acids is 3. The molecule has 14 rings (SSSR count). The van der Waals surface area contributed by atoms with E-state index < -0.39 is 23.9 Å². The van der Waals surface area contributed by atoms with Gasteiger partial charge in [0.25, 0.3) is 0 Å². The van der Waals surface area contributed by atoms with Gasteiger partial charge in [0.2, 0.25) is 0 Å². The number of aromatic hydroxyl groups is 1.